The molecule has 2 aliphatic rings. The van der Waals surface area contributed by atoms with Crippen LogP contribution in [0.1, 0.15) is 5.76 Å². The molecule has 9 nitrogen and oxygen atoms in total. The lowest BCUT2D eigenvalue weighted by Gasteiger charge is -2.36. The van der Waals surface area contributed by atoms with E-state index in [1.807, 2.05) is 9.80 Å². The second kappa shape index (κ2) is 8.41. The van der Waals surface area contributed by atoms with Crippen molar-refractivity contribution in [2.75, 3.05) is 70.9 Å². The molecule has 25 heavy (non-hydrogen) atoms. The van der Waals surface area contributed by atoms with Crippen molar-refractivity contribution in [3.63, 3.8) is 0 Å². The minimum atomic E-state index is -0.124. The molecule has 0 aromatic carbocycles. The maximum Gasteiger partial charge on any atom is 0.239 e. The predicted molar refractivity (Wildman–Crippen MR) is 90.1 cm³/mol. The van der Waals surface area contributed by atoms with E-state index in [1.54, 1.807) is 13.0 Å². The lowest BCUT2D eigenvalue weighted by atomic mass is 10.3. The summed E-state index contributed by atoms with van der Waals surface area (Å²) in [6.07, 6.45) is 0. The quantitative estimate of drug-likeness (QED) is 0.757. The molecule has 0 aliphatic carbocycles. The summed E-state index contributed by atoms with van der Waals surface area (Å²) in [4.78, 5) is 30.5. The number of carbonyl (C=O) groups excluding carboxylic acids is 2. The molecule has 2 saturated heterocycles. The summed E-state index contributed by atoms with van der Waals surface area (Å²) in [5.74, 6) is 1.12. The summed E-state index contributed by atoms with van der Waals surface area (Å²) in [5.41, 5.74) is 0. The van der Waals surface area contributed by atoms with Gasteiger partial charge in [-0.25, -0.2) is 0 Å². The lowest BCUT2D eigenvalue weighted by Crippen LogP contribution is -2.53. The fraction of sp³-hybridized carbons (Fsp3) is 0.688. The molecule has 0 bridgehead atoms. The molecule has 2 amide bonds. The number of aryl methyl sites for hydroxylation is 1. The van der Waals surface area contributed by atoms with E-state index in [1.165, 1.54) is 0 Å². The summed E-state index contributed by atoms with van der Waals surface area (Å²) in [6, 6.07) is 1.68. The number of hydrogen-bond donors (Lipinski definition) is 1. The summed E-state index contributed by atoms with van der Waals surface area (Å²) < 4.78 is 10.2. The largest absolute Gasteiger partial charge is 0.379 e. The van der Waals surface area contributed by atoms with Gasteiger partial charge in [0.15, 0.2) is 5.82 Å². The minimum Gasteiger partial charge on any atom is -0.379 e. The first-order valence-electron chi connectivity index (χ1n) is 8.63. The van der Waals surface area contributed by atoms with Gasteiger partial charge in [-0.3, -0.25) is 19.4 Å². The average molecular weight is 351 g/mol. The van der Waals surface area contributed by atoms with Crippen molar-refractivity contribution >= 4 is 17.6 Å². The fourth-order valence-corrected chi connectivity index (χ4v) is 3.02. The van der Waals surface area contributed by atoms with Crippen molar-refractivity contribution in [2.24, 2.45) is 0 Å². The molecule has 1 aromatic rings. The Labute approximate surface area is 146 Å². The number of aromatic nitrogens is 1. The molecule has 1 aromatic heterocycles. The summed E-state index contributed by atoms with van der Waals surface area (Å²) >= 11 is 0. The summed E-state index contributed by atoms with van der Waals surface area (Å²) in [7, 11) is 0. The third-order valence-electron chi connectivity index (χ3n) is 4.45. The Morgan fingerprint density at radius 3 is 2.40 bits per heavy atom. The maximum absolute atomic E-state index is 12.4. The van der Waals surface area contributed by atoms with Crippen LogP contribution in [0.5, 0.6) is 0 Å². The number of nitrogens with zero attached hydrogens (tertiary/aromatic N) is 4. The number of nitrogens with one attached hydrogen (secondary N) is 1. The van der Waals surface area contributed by atoms with Gasteiger partial charge in [0.05, 0.1) is 26.3 Å². The Bertz CT molecular complexity index is 591. The second-order valence-electron chi connectivity index (χ2n) is 6.42. The average Bonchev–Trinajstić information content (AvgIpc) is 3.01. The molecule has 0 saturated carbocycles. The van der Waals surface area contributed by atoms with Gasteiger partial charge < -0.3 is 19.5 Å². The van der Waals surface area contributed by atoms with Crippen LogP contribution in [0.3, 0.4) is 0 Å². The Kier molecular flexibility index (Phi) is 6.00. The first-order chi connectivity index (χ1) is 12.1. The van der Waals surface area contributed by atoms with Crippen molar-refractivity contribution < 1.29 is 18.8 Å². The Morgan fingerprint density at radius 1 is 1.08 bits per heavy atom. The van der Waals surface area contributed by atoms with Gasteiger partial charge >= 0.3 is 0 Å². The predicted octanol–water partition coefficient (Wildman–Crippen LogP) is -0.602. The van der Waals surface area contributed by atoms with Crippen molar-refractivity contribution in [1.82, 2.24) is 19.9 Å². The molecule has 0 spiro atoms. The monoisotopic (exact) mass is 351 g/mol. The number of carbonyl (C=O) groups is 2. The Morgan fingerprint density at radius 2 is 1.76 bits per heavy atom. The molecule has 3 heterocycles. The van der Waals surface area contributed by atoms with Crippen LogP contribution in [-0.4, -0.2) is 97.2 Å². The van der Waals surface area contributed by atoms with E-state index in [0.29, 0.717) is 57.5 Å². The highest BCUT2D eigenvalue weighted by molar-refractivity contribution is 5.91. The van der Waals surface area contributed by atoms with Crippen LogP contribution in [0.4, 0.5) is 5.82 Å². The number of piperazine rings is 1. The zero-order valence-electron chi connectivity index (χ0n) is 14.6. The highest BCUT2D eigenvalue weighted by Gasteiger charge is 2.24. The number of ether oxygens (including phenoxy) is 1. The lowest BCUT2D eigenvalue weighted by molar-refractivity contribution is -0.135. The number of anilines is 1. The molecule has 0 atom stereocenters. The van der Waals surface area contributed by atoms with E-state index in [2.05, 4.69) is 15.4 Å². The number of hydrogen-bond acceptors (Lipinski definition) is 7. The van der Waals surface area contributed by atoms with Crippen molar-refractivity contribution in [1.29, 1.82) is 0 Å². The molecule has 1 N–H and O–H groups in total. The van der Waals surface area contributed by atoms with E-state index >= 15 is 0 Å². The van der Waals surface area contributed by atoms with Gasteiger partial charge in [0, 0.05) is 45.3 Å². The molecule has 2 fully saturated rings. The highest BCUT2D eigenvalue weighted by atomic mass is 16.5. The van der Waals surface area contributed by atoms with Gasteiger partial charge in [0.2, 0.25) is 11.8 Å². The van der Waals surface area contributed by atoms with Crippen molar-refractivity contribution in [3.8, 4) is 0 Å². The van der Waals surface area contributed by atoms with E-state index in [0.717, 1.165) is 13.1 Å². The molecule has 3 rings (SSSR count). The number of morpholine rings is 1. The Balaban J connectivity index is 1.37. The van der Waals surface area contributed by atoms with Gasteiger partial charge in [-0.2, -0.15) is 0 Å². The first kappa shape index (κ1) is 17.8. The molecule has 2 aliphatic heterocycles. The van der Waals surface area contributed by atoms with Gasteiger partial charge in [-0.05, 0) is 6.92 Å². The van der Waals surface area contributed by atoms with Crippen LogP contribution in [-0.2, 0) is 14.3 Å². The zero-order valence-corrected chi connectivity index (χ0v) is 14.6. The van der Waals surface area contributed by atoms with Crippen LogP contribution < -0.4 is 5.32 Å². The van der Waals surface area contributed by atoms with Gasteiger partial charge in [-0.1, -0.05) is 5.16 Å². The molecular formula is C16H25N5O4. The van der Waals surface area contributed by atoms with Gasteiger partial charge in [0.1, 0.15) is 5.76 Å². The maximum atomic E-state index is 12.4. The summed E-state index contributed by atoms with van der Waals surface area (Å²) in [6.45, 7) is 8.23. The topological polar surface area (TPSA) is 91.2 Å². The van der Waals surface area contributed by atoms with E-state index in [9.17, 15) is 9.59 Å². The van der Waals surface area contributed by atoms with Crippen molar-refractivity contribution in [3.05, 3.63) is 11.8 Å². The van der Waals surface area contributed by atoms with Gasteiger partial charge in [-0.15, -0.1) is 0 Å². The molecule has 138 valence electrons. The SMILES string of the molecule is Cc1cc(NC(=O)CN2CCN(C(=O)CN3CCOCC3)CC2)no1. The van der Waals surface area contributed by atoms with E-state index < -0.39 is 0 Å². The second-order valence-corrected chi connectivity index (χ2v) is 6.42. The van der Waals surface area contributed by atoms with E-state index in [-0.39, 0.29) is 18.4 Å². The third kappa shape index (κ3) is 5.25. The zero-order chi connectivity index (χ0) is 17.6. The normalized spacial score (nSPS) is 19.8. The number of rotatable bonds is 5. The van der Waals surface area contributed by atoms with E-state index in [4.69, 9.17) is 9.26 Å². The number of amides is 2. The third-order valence-corrected chi connectivity index (χ3v) is 4.45. The summed E-state index contributed by atoms with van der Waals surface area (Å²) in [5, 5.41) is 6.46. The smallest absolute Gasteiger partial charge is 0.239 e. The van der Waals surface area contributed by atoms with Gasteiger partial charge in [0.25, 0.3) is 0 Å². The standard InChI is InChI=1S/C16H25N5O4/c1-13-10-14(18-25-13)17-15(22)11-19-2-4-21(5-3-19)16(23)12-20-6-8-24-9-7-20/h10H,2-9,11-12H2,1H3,(H,17,18,22). The van der Waals surface area contributed by atoms with Crippen LogP contribution >= 0.6 is 0 Å². The Hall–Kier alpha value is -1.97. The van der Waals surface area contributed by atoms with Crippen molar-refractivity contribution in [2.45, 2.75) is 6.92 Å². The van der Waals surface area contributed by atoms with Crippen LogP contribution in [0.25, 0.3) is 0 Å². The molecular weight excluding hydrogens is 326 g/mol. The highest BCUT2D eigenvalue weighted by Crippen LogP contribution is 2.08. The minimum absolute atomic E-state index is 0.124. The fourth-order valence-electron chi connectivity index (χ4n) is 3.02. The van der Waals surface area contributed by atoms with Crippen LogP contribution in [0.15, 0.2) is 10.6 Å². The van der Waals surface area contributed by atoms with Crippen LogP contribution in [0, 0.1) is 6.92 Å². The molecule has 0 radical (unpaired) electrons. The van der Waals surface area contributed by atoms with Crippen LogP contribution in [0.2, 0.25) is 0 Å². The first-order valence-corrected chi connectivity index (χ1v) is 8.63. The molecule has 9 heteroatoms. The molecule has 0 unspecified atom stereocenters.